The average molecular weight is 467 g/mol. The molecular formula is C20H20ClFN4O4S. The lowest BCUT2D eigenvalue weighted by molar-refractivity contribution is -0.0757. The van der Waals surface area contributed by atoms with E-state index >= 15 is 0 Å². The Labute approximate surface area is 184 Å². The van der Waals surface area contributed by atoms with Crippen molar-refractivity contribution in [3.63, 3.8) is 0 Å². The first-order valence-corrected chi connectivity index (χ1v) is 11.7. The molecule has 2 aliphatic heterocycles. The lowest BCUT2D eigenvalue weighted by Gasteiger charge is -2.60. The summed E-state index contributed by atoms with van der Waals surface area (Å²) in [4.78, 5) is 22.7. The third-order valence-corrected chi connectivity index (χ3v) is 8.30. The molecule has 0 bridgehead atoms. The van der Waals surface area contributed by atoms with Crippen LogP contribution in [0, 0.1) is 11.2 Å². The summed E-state index contributed by atoms with van der Waals surface area (Å²) in [7, 11) is -3.87. The number of hydrogen-bond acceptors (Lipinski definition) is 6. The van der Waals surface area contributed by atoms with Gasteiger partial charge in [-0.05, 0) is 31.9 Å². The first kappa shape index (κ1) is 20.6. The molecule has 0 unspecified atom stereocenters. The van der Waals surface area contributed by atoms with E-state index in [1.807, 2.05) is 6.92 Å². The molecule has 31 heavy (non-hydrogen) atoms. The molecule has 11 heteroatoms. The maximum atomic E-state index is 14.0. The van der Waals surface area contributed by atoms with Crippen molar-refractivity contribution in [1.29, 1.82) is 0 Å². The second-order valence-corrected chi connectivity index (χ2v) is 10.8. The number of sulfonamides is 1. The highest BCUT2D eigenvalue weighted by Gasteiger charge is 2.58. The Balaban J connectivity index is 1.29. The van der Waals surface area contributed by atoms with E-state index in [9.17, 15) is 17.6 Å². The molecule has 3 aliphatic rings. The van der Waals surface area contributed by atoms with E-state index in [2.05, 4.69) is 9.97 Å². The monoisotopic (exact) mass is 466 g/mol. The Morgan fingerprint density at radius 1 is 1.26 bits per heavy atom. The highest BCUT2D eigenvalue weighted by Crippen LogP contribution is 2.52. The zero-order valence-electron chi connectivity index (χ0n) is 16.7. The molecule has 0 radical (unpaired) electrons. The maximum absolute atomic E-state index is 14.0. The van der Waals surface area contributed by atoms with Gasteiger partial charge in [0.25, 0.3) is 5.91 Å². The minimum absolute atomic E-state index is 0.0483. The van der Waals surface area contributed by atoms with Gasteiger partial charge in [0.15, 0.2) is 10.8 Å². The third-order valence-electron chi connectivity index (χ3n) is 6.29. The SMILES string of the molecule is C[C@@H]1COc2nc(Cl)cnc2C(=O)N1C1CC2(C1)CN(S(=O)(=O)c1ccccc1F)C2. The molecule has 2 aromatic rings. The van der Waals surface area contributed by atoms with Crippen LogP contribution in [0.2, 0.25) is 5.15 Å². The molecule has 1 aromatic heterocycles. The molecule has 1 saturated carbocycles. The summed E-state index contributed by atoms with van der Waals surface area (Å²) >= 11 is 5.86. The Morgan fingerprint density at radius 3 is 2.68 bits per heavy atom. The van der Waals surface area contributed by atoms with Crippen LogP contribution in [-0.2, 0) is 10.0 Å². The van der Waals surface area contributed by atoms with Crippen LogP contribution in [0.15, 0.2) is 35.4 Å². The molecule has 8 nitrogen and oxygen atoms in total. The smallest absolute Gasteiger partial charge is 0.278 e. The van der Waals surface area contributed by atoms with Gasteiger partial charge in [0.2, 0.25) is 15.9 Å². The van der Waals surface area contributed by atoms with Crippen molar-refractivity contribution >= 4 is 27.5 Å². The van der Waals surface area contributed by atoms with Gasteiger partial charge in [-0.1, -0.05) is 23.7 Å². The number of aromatic nitrogens is 2. The molecule has 3 heterocycles. The predicted molar refractivity (Wildman–Crippen MR) is 109 cm³/mol. The van der Waals surface area contributed by atoms with E-state index in [1.165, 1.54) is 28.7 Å². The minimum Gasteiger partial charge on any atom is -0.474 e. The number of rotatable bonds is 3. The molecule has 0 N–H and O–H groups in total. The quantitative estimate of drug-likeness (QED) is 0.689. The summed E-state index contributed by atoms with van der Waals surface area (Å²) in [6, 6.07) is 5.15. The second-order valence-electron chi connectivity index (χ2n) is 8.48. The number of hydrogen-bond donors (Lipinski definition) is 0. The first-order chi connectivity index (χ1) is 14.7. The third kappa shape index (κ3) is 3.28. The highest BCUT2D eigenvalue weighted by molar-refractivity contribution is 7.89. The molecule has 2 fully saturated rings. The van der Waals surface area contributed by atoms with Crippen molar-refractivity contribution in [3.05, 3.63) is 47.1 Å². The first-order valence-electron chi connectivity index (χ1n) is 9.93. The summed E-state index contributed by atoms with van der Waals surface area (Å²) < 4.78 is 46.4. The minimum atomic E-state index is -3.87. The van der Waals surface area contributed by atoms with Crippen molar-refractivity contribution in [2.45, 2.75) is 36.7 Å². The average Bonchev–Trinajstić information content (AvgIpc) is 2.77. The van der Waals surface area contributed by atoms with Crippen molar-refractivity contribution in [1.82, 2.24) is 19.2 Å². The molecular weight excluding hydrogens is 447 g/mol. The van der Waals surface area contributed by atoms with Crippen LogP contribution in [0.3, 0.4) is 0 Å². The van der Waals surface area contributed by atoms with E-state index in [4.69, 9.17) is 16.3 Å². The van der Waals surface area contributed by atoms with E-state index in [1.54, 1.807) is 4.90 Å². The van der Waals surface area contributed by atoms with E-state index < -0.39 is 15.8 Å². The summed E-state index contributed by atoms with van der Waals surface area (Å²) in [6.07, 6.45) is 2.65. The topological polar surface area (TPSA) is 92.7 Å². The lowest BCUT2D eigenvalue weighted by atomic mass is 9.61. The van der Waals surface area contributed by atoms with Crippen molar-refractivity contribution in [2.24, 2.45) is 5.41 Å². The van der Waals surface area contributed by atoms with Gasteiger partial charge in [-0.2, -0.15) is 9.29 Å². The van der Waals surface area contributed by atoms with Crippen LogP contribution in [-0.4, -0.2) is 65.3 Å². The second kappa shape index (κ2) is 7.11. The Bertz CT molecular complexity index is 1160. The number of fused-ring (bicyclic) bond motifs is 1. The summed E-state index contributed by atoms with van der Waals surface area (Å²) in [6.45, 7) is 2.80. The Hall–Kier alpha value is -2.30. The molecule has 164 valence electrons. The molecule has 1 atom stereocenters. The number of amides is 1. The molecule has 1 spiro atoms. The maximum Gasteiger partial charge on any atom is 0.278 e. The van der Waals surface area contributed by atoms with Crippen molar-refractivity contribution in [3.8, 4) is 5.88 Å². The van der Waals surface area contributed by atoms with Gasteiger partial charge in [-0.25, -0.2) is 17.8 Å². The number of benzene rings is 1. The normalized spacial score (nSPS) is 23.5. The van der Waals surface area contributed by atoms with Crippen LogP contribution < -0.4 is 4.74 Å². The van der Waals surface area contributed by atoms with Crippen LogP contribution >= 0.6 is 11.6 Å². The zero-order valence-corrected chi connectivity index (χ0v) is 18.2. The van der Waals surface area contributed by atoms with Gasteiger partial charge in [0, 0.05) is 24.5 Å². The predicted octanol–water partition coefficient (Wildman–Crippen LogP) is 2.35. The van der Waals surface area contributed by atoms with Gasteiger partial charge in [-0.3, -0.25) is 4.79 Å². The van der Waals surface area contributed by atoms with Crippen LogP contribution in [0.4, 0.5) is 4.39 Å². The Morgan fingerprint density at radius 2 is 1.97 bits per heavy atom. The number of carbonyl (C=O) groups is 1. The fourth-order valence-corrected chi connectivity index (χ4v) is 6.64. The summed E-state index contributed by atoms with van der Waals surface area (Å²) in [5.41, 5.74) is -0.0583. The fourth-order valence-electron chi connectivity index (χ4n) is 4.79. The number of carbonyl (C=O) groups excluding carboxylic acids is 1. The van der Waals surface area contributed by atoms with Crippen molar-refractivity contribution in [2.75, 3.05) is 19.7 Å². The van der Waals surface area contributed by atoms with Crippen LogP contribution in [0.1, 0.15) is 30.3 Å². The lowest BCUT2D eigenvalue weighted by Crippen LogP contribution is -2.68. The number of ether oxygens (including phenoxy) is 1. The van der Waals surface area contributed by atoms with Crippen molar-refractivity contribution < 1.29 is 22.3 Å². The van der Waals surface area contributed by atoms with E-state index in [-0.39, 0.29) is 51.6 Å². The van der Waals surface area contributed by atoms with Crippen LogP contribution in [0.25, 0.3) is 0 Å². The highest BCUT2D eigenvalue weighted by atomic mass is 35.5. The van der Waals surface area contributed by atoms with Gasteiger partial charge in [0.1, 0.15) is 17.3 Å². The van der Waals surface area contributed by atoms with E-state index in [0.717, 1.165) is 6.07 Å². The Kier molecular flexibility index (Phi) is 4.72. The van der Waals surface area contributed by atoms with Gasteiger partial charge in [0.05, 0.1) is 12.2 Å². The molecule has 1 saturated heterocycles. The number of nitrogens with zero attached hydrogens (tertiary/aromatic N) is 4. The fraction of sp³-hybridized carbons (Fsp3) is 0.450. The molecule has 1 aliphatic carbocycles. The van der Waals surface area contributed by atoms with E-state index in [0.29, 0.717) is 25.9 Å². The summed E-state index contributed by atoms with van der Waals surface area (Å²) in [5, 5.41) is 0.154. The van der Waals surface area contributed by atoms with Crippen LogP contribution in [0.5, 0.6) is 5.88 Å². The molecule has 5 rings (SSSR count). The number of halogens is 2. The summed E-state index contributed by atoms with van der Waals surface area (Å²) in [5.74, 6) is -0.885. The molecule has 1 aromatic carbocycles. The van der Waals surface area contributed by atoms with Gasteiger partial charge >= 0.3 is 0 Å². The molecule has 1 amide bonds. The van der Waals surface area contributed by atoms with Gasteiger partial charge < -0.3 is 9.64 Å². The standard InChI is InChI=1S/C20H20ClFN4O4S/c1-12-9-30-18-17(23-8-16(21)24-18)19(27)26(12)13-6-20(7-13)10-25(11-20)31(28,29)15-5-3-2-4-14(15)22/h2-5,8,12-13H,6-7,9-11H2,1H3/t12-/m1/s1. The van der Waals surface area contributed by atoms with Gasteiger partial charge in [-0.15, -0.1) is 0 Å². The largest absolute Gasteiger partial charge is 0.474 e. The zero-order chi connectivity index (χ0) is 22.0.